The van der Waals surface area contributed by atoms with Crippen molar-refractivity contribution in [3.63, 3.8) is 0 Å². The molecule has 4 rings (SSSR count). The molecule has 13 heteroatoms. The van der Waals surface area contributed by atoms with Gasteiger partial charge in [0, 0.05) is 0 Å². The molecule has 0 aliphatic carbocycles. The molecule has 4 atom stereocenters. The van der Waals surface area contributed by atoms with E-state index in [9.17, 15) is 8.42 Å². The van der Waals surface area contributed by atoms with E-state index in [1.54, 1.807) is 18.4 Å². The Morgan fingerprint density at radius 2 is 2.00 bits per heavy atom. The van der Waals surface area contributed by atoms with Crippen molar-refractivity contribution in [2.75, 3.05) is 12.3 Å². The molecule has 0 aromatic carbocycles. The number of nitrogens with two attached hydrogens (primary N) is 2. The van der Waals surface area contributed by atoms with Gasteiger partial charge in [-0.2, -0.15) is 8.42 Å². The fraction of sp³-hybridized carbons (Fsp3) is 0.615. The van der Waals surface area contributed by atoms with E-state index in [2.05, 4.69) is 19.1 Å². The molecule has 26 heavy (non-hydrogen) atoms. The van der Waals surface area contributed by atoms with Gasteiger partial charge in [-0.3, -0.25) is 8.75 Å². The molecule has 4 N–H and O–H groups in total. The van der Waals surface area contributed by atoms with Crippen LogP contribution in [0.2, 0.25) is 0 Å². The second kappa shape index (κ2) is 5.80. The Hall–Kier alpha value is -1.90. The first kappa shape index (κ1) is 17.5. The minimum absolute atomic E-state index is 0.237. The zero-order valence-corrected chi connectivity index (χ0v) is 14.8. The fourth-order valence-corrected chi connectivity index (χ4v) is 3.56. The number of nitrogen functional groups attached to an aromatic ring is 1. The lowest BCUT2D eigenvalue weighted by Gasteiger charge is -2.24. The van der Waals surface area contributed by atoms with Gasteiger partial charge in [0.05, 0.1) is 12.9 Å². The molecule has 4 unspecified atom stereocenters. The molecule has 12 nitrogen and oxygen atoms in total. The van der Waals surface area contributed by atoms with Crippen LogP contribution in [0, 0.1) is 0 Å². The van der Waals surface area contributed by atoms with Gasteiger partial charge >= 0.3 is 10.3 Å². The van der Waals surface area contributed by atoms with Crippen LogP contribution in [0.15, 0.2) is 12.7 Å². The number of aromatic nitrogens is 4. The van der Waals surface area contributed by atoms with Crippen LogP contribution in [0.3, 0.4) is 0 Å². The van der Waals surface area contributed by atoms with Crippen molar-refractivity contribution in [3.05, 3.63) is 12.7 Å². The second-order valence-electron chi connectivity index (χ2n) is 6.49. The monoisotopic (exact) mass is 386 g/mol. The van der Waals surface area contributed by atoms with Crippen LogP contribution in [0.1, 0.15) is 20.1 Å². The van der Waals surface area contributed by atoms with Gasteiger partial charge in [0.25, 0.3) is 0 Å². The molecule has 0 radical (unpaired) electrons. The number of fused-ring (bicyclic) bond motifs is 2. The highest BCUT2D eigenvalue weighted by Crippen LogP contribution is 2.43. The van der Waals surface area contributed by atoms with Crippen LogP contribution in [0.4, 0.5) is 5.82 Å². The summed E-state index contributed by atoms with van der Waals surface area (Å²) in [5.74, 6) is -0.636. The summed E-state index contributed by atoms with van der Waals surface area (Å²) in [6, 6.07) is 0. The number of nitrogens with zero attached hydrogens (tertiary/aromatic N) is 4. The predicted octanol–water partition coefficient (Wildman–Crippen LogP) is -0.954. The van der Waals surface area contributed by atoms with Crippen molar-refractivity contribution >= 4 is 27.3 Å². The van der Waals surface area contributed by atoms with Crippen molar-refractivity contribution in [1.82, 2.24) is 19.5 Å². The summed E-state index contributed by atoms with van der Waals surface area (Å²) in [5, 5.41) is 4.90. The van der Waals surface area contributed by atoms with E-state index in [0.29, 0.717) is 11.2 Å². The maximum Gasteiger partial charge on any atom is 0.333 e. The van der Waals surface area contributed by atoms with Crippen LogP contribution < -0.4 is 10.9 Å². The normalized spacial score (nSPS) is 30.7. The van der Waals surface area contributed by atoms with Gasteiger partial charge in [-0.15, -0.1) is 0 Å². The number of hydrogen-bond donors (Lipinski definition) is 2. The zero-order chi connectivity index (χ0) is 18.7. The lowest BCUT2D eigenvalue weighted by Crippen LogP contribution is -2.34. The van der Waals surface area contributed by atoms with Gasteiger partial charge < -0.3 is 19.9 Å². The van der Waals surface area contributed by atoms with Gasteiger partial charge in [-0.1, -0.05) is 0 Å². The summed E-state index contributed by atoms with van der Waals surface area (Å²) in [6.07, 6.45) is 0.340. The van der Waals surface area contributed by atoms with Gasteiger partial charge in [0.15, 0.2) is 23.5 Å². The highest BCUT2D eigenvalue weighted by molar-refractivity contribution is 7.84. The number of anilines is 1. The van der Waals surface area contributed by atoms with E-state index in [-0.39, 0.29) is 12.4 Å². The molecule has 2 aromatic rings. The number of rotatable bonds is 4. The molecule has 2 fully saturated rings. The number of ether oxygens (including phenoxy) is 3. The first-order chi connectivity index (χ1) is 12.1. The van der Waals surface area contributed by atoms with Gasteiger partial charge in [0.2, 0.25) is 0 Å². The molecule has 0 amide bonds. The average molecular weight is 386 g/mol. The maximum absolute atomic E-state index is 11.1. The van der Waals surface area contributed by atoms with E-state index in [1.165, 1.54) is 12.7 Å². The SMILES string of the molecule is CC1(C)OC2C(COS(N)(=O)=O)OC(n3cnc4c(N)ncnc43)C2O1. The third-order valence-electron chi connectivity index (χ3n) is 4.18. The van der Waals surface area contributed by atoms with Crippen molar-refractivity contribution in [2.45, 2.75) is 44.2 Å². The summed E-state index contributed by atoms with van der Waals surface area (Å²) in [7, 11) is -4.11. The Labute approximate surface area is 148 Å². The topological polar surface area (TPSA) is 167 Å². The molecule has 0 bridgehead atoms. The highest BCUT2D eigenvalue weighted by atomic mass is 32.2. The molecule has 4 heterocycles. The first-order valence-electron chi connectivity index (χ1n) is 7.76. The molecule has 0 saturated carbocycles. The molecule has 0 spiro atoms. The van der Waals surface area contributed by atoms with E-state index in [4.69, 9.17) is 25.1 Å². The fourth-order valence-electron chi connectivity index (χ4n) is 3.24. The molecular formula is C13H18N6O6S. The number of imidazole rings is 1. The molecule has 2 saturated heterocycles. The molecular weight excluding hydrogens is 368 g/mol. The molecule has 142 valence electrons. The Bertz CT molecular complexity index is 946. The largest absolute Gasteiger partial charge is 0.382 e. The van der Waals surface area contributed by atoms with Crippen molar-refractivity contribution in [1.29, 1.82) is 0 Å². The van der Waals surface area contributed by atoms with Crippen molar-refractivity contribution < 1.29 is 26.8 Å². The Morgan fingerprint density at radius 1 is 1.27 bits per heavy atom. The van der Waals surface area contributed by atoms with Gasteiger partial charge in [-0.05, 0) is 13.8 Å². The maximum atomic E-state index is 11.1. The van der Waals surface area contributed by atoms with Crippen molar-refractivity contribution in [2.24, 2.45) is 5.14 Å². The predicted molar refractivity (Wildman–Crippen MR) is 86.5 cm³/mol. The van der Waals surface area contributed by atoms with Gasteiger partial charge in [0.1, 0.15) is 30.2 Å². The van der Waals surface area contributed by atoms with Crippen LogP contribution in [-0.4, -0.2) is 58.6 Å². The minimum Gasteiger partial charge on any atom is -0.382 e. The van der Waals surface area contributed by atoms with Crippen LogP contribution in [0.5, 0.6) is 0 Å². The standard InChI is InChI=1S/C13H18N6O6S/c1-13(2)24-8-6(3-22-26(15,20)21)23-12(9(8)25-13)19-5-18-7-10(14)16-4-17-11(7)19/h4-6,8-9,12H,3H2,1-2H3,(H2,14,16,17)(H2,15,20,21). The minimum atomic E-state index is -4.11. The van der Waals surface area contributed by atoms with Crippen LogP contribution >= 0.6 is 0 Å². The quantitative estimate of drug-likeness (QED) is 0.668. The van der Waals surface area contributed by atoms with Crippen LogP contribution in [0.25, 0.3) is 11.2 Å². The Morgan fingerprint density at radius 3 is 2.73 bits per heavy atom. The Balaban J connectivity index is 1.68. The third-order valence-corrected chi connectivity index (χ3v) is 4.65. The summed E-state index contributed by atoms with van der Waals surface area (Å²) in [4.78, 5) is 12.3. The average Bonchev–Trinajstić information content (AvgIpc) is 3.16. The molecule has 2 aliphatic rings. The summed E-state index contributed by atoms with van der Waals surface area (Å²) >= 11 is 0. The molecule has 2 aromatic heterocycles. The van der Waals surface area contributed by atoms with Crippen molar-refractivity contribution in [3.8, 4) is 0 Å². The Kier molecular flexibility index (Phi) is 3.91. The van der Waals surface area contributed by atoms with E-state index in [1.807, 2.05) is 0 Å². The molecule has 2 aliphatic heterocycles. The second-order valence-corrected chi connectivity index (χ2v) is 7.71. The summed E-state index contributed by atoms with van der Waals surface area (Å²) in [6.45, 7) is 3.21. The third kappa shape index (κ3) is 3.02. The van der Waals surface area contributed by atoms with Crippen LogP contribution in [-0.2, 0) is 28.7 Å². The van der Waals surface area contributed by atoms with Gasteiger partial charge in [-0.25, -0.2) is 20.1 Å². The lowest BCUT2D eigenvalue weighted by atomic mass is 10.1. The summed E-state index contributed by atoms with van der Waals surface area (Å²) in [5.41, 5.74) is 6.70. The smallest absolute Gasteiger partial charge is 0.333 e. The van der Waals surface area contributed by atoms with E-state index >= 15 is 0 Å². The number of hydrogen-bond acceptors (Lipinski definition) is 10. The van der Waals surface area contributed by atoms with E-state index < -0.39 is 40.6 Å². The van der Waals surface area contributed by atoms with E-state index in [0.717, 1.165) is 0 Å². The summed E-state index contributed by atoms with van der Waals surface area (Å²) < 4.78 is 46.3. The lowest BCUT2D eigenvalue weighted by molar-refractivity contribution is -0.198. The highest BCUT2D eigenvalue weighted by Gasteiger charge is 2.56. The zero-order valence-electron chi connectivity index (χ0n) is 14.0. The first-order valence-corrected chi connectivity index (χ1v) is 9.23.